The molecule has 0 aromatic carbocycles. The number of hydrogen-bond donors (Lipinski definition) is 3. The molecule has 0 radical (unpaired) electrons. The standard InChI is InChI=1S/C15H16F3N7O5S3.Na/c16-15(17,18)32-4-8(27)20-9-11(28)25-10(13(29)30)5(3-31-12(9)25)6(1-2-7(19)26)33-14-21-23-24-22-14;/h6,9,12H,1-4H2,(H2,19,26)(H,20,27)(H,29,30)(H,21,22,23,24);/q;+1/p-1/t6?,9?,12-;/m0./s1. The topological polar surface area (TPSA) is 187 Å². The summed E-state index contributed by atoms with van der Waals surface area (Å²) in [5.74, 6) is -4.92. The Morgan fingerprint density at radius 1 is 1.38 bits per heavy atom. The van der Waals surface area contributed by atoms with Crippen LogP contribution < -0.4 is 45.7 Å². The second-order valence-corrected chi connectivity index (χ2v) is 10.0. The van der Waals surface area contributed by atoms with Crippen LogP contribution in [-0.2, 0) is 19.2 Å². The van der Waals surface area contributed by atoms with Crippen molar-refractivity contribution in [3.63, 3.8) is 0 Å². The minimum Gasteiger partial charge on any atom is -0.543 e. The molecule has 1 aromatic heterocycles. The Bertz CT molecular complexity index is 981. The number of aromatic amines is 1. The number of β-lactam (4-membered cyclic amide) rings is 1. The van der Waals surface area contributed by atoms with Crippen LogP contribution in [0.15, 0.2) is 16.4 Å². The number of hydrogen-bond acceptors (Lipinski definition) is 11. The number of fused-ring (bicyclic) bond motifs is 1. The number of tetrazole rings is 1. The maximum absolute atomic E-state index is 12.6. The van der Waals surface area contributed by atoms with Crippen LogP contribution in [-0.4, -0.2) is 82.9 Å². The number of thioether (sulfide) groups is 3. The van der Waals surface area contributed by atoms with Gasteiger partial charge < -0.3 is 21.0 Å². The molecule has 3 heterocycles. The largest absolute Gasteiger partial charge is 1.00 e. The van der Waals surface area contributed by atoms with Crippen molar-refractivity contribution in [3.05, 3.63) is 11.3 Å². The Balaban J connectivity index is 0.00000408. The van der Waals surface area contributed by atoms with E-state index in [9.17, 15) is 37.5 Å². The molecular formula is C15H15F3N7NaO5S3. The van der Waals surface area contributed by atoms with Gasteiger partial charge in [-0.05, 0) is 34.2 Å². The van der Waals surface area contributed by atoms with Crippen LogP contribution in [0.5, 0.6) is 0 Å². The number of amides is 3. The number of carbonyl (C=O) groups excluding carboxylic acids is 4. The molecule has 1 fully saturated rings. The van der Waals surface area contributed by atoms with Crippen molar-refractivity contribution >= 4 is 59.0 Å². The zero-order chi connectivity index (χ0) is 24.3. The number of aromatic nitrogens is 4. The van der Waals surface area contributed by atoms with E-state index in [4.69, 9.17) is 5.73 Å². The van der Waals surface area contributed by atoms with E-state index >= 15 is 0 Å². The van der Waals surface area contributed by atoms with Gasteiger partial charge in [0, 0.05) is 17.4 Å². The van der Waals surface area contributed by atoms with Crippen molar-refractivity contribution < 1.29 is 67.0 Å². The number of aliphatic carboxylic acids is 1. The van der Waals surface area contributed by atoms with Crippen molar-refractivity contribution in [2.75, 3.05) is 11.5 Å². The zero-order valence-corrected chi connectivity index (χ0v) is 21.8. The molecule has 3 rings (SSSR count). The maximum Gasteiger partial charge on any atom is 1.00 e. The minimum absolute atomic E-state index is 0. The van der Waals surface area contributed by atoms with Crippen molar-refractivity contribution in [2.45, 2.75) is 40.2 Å². The van der Waals surface area contributed by atoms with Crippen LogP contribution in [0.25, 0.3) is 0 Å². The Morgan fingerprint density at radius 2 is 2.09 bits per heavy atom. The van der Waals surface area contributed by atoms with E-state index in [1.807, 2.05) is 0 Å². The van der Waals surface area contributed by atoms with Crippen LogP contribution in [0.4, 0.5) is 13.2 Å². The summed E-state index contributed by atoms with van der Waals surface area (Å²) in [4.78, 5) is 48.6. The molecule has 180 valence electrons. The first kappa shape index (κ1) is 28.8. The predicted molar refractivity (Wildman–Crippen MR) is 108 cm³/mol. The third kappa shape index (κ3) is 7.03. The molecule has 1 saturated heterocycles. The monoisotopic (exact) mass is 549 g/mol. The van der Waals surface area contributed by atoms with Gasteiger partial charge in [-0.1, -0.05) is 11.8 Å². The molecule has 3 amide bonds. The third-order valence-corrected chi connectivity index (χ3v) is 7.73. The summed E-state index contributed by atoms with van der Waals surface area (Å²) in [5, 5.41) is 26.0. The van der Waals surface area contributed by atoms with Gasteiger partial charge in [0.05, 0.1) is 17.4 Å². The number of halogens is 3. The van der Waals surface area contributed by atoms with Gasteiger partial charge in [0.25, 0.3) is 5.91 Å². The fraction of sp³-hybridized carbons (Fsp3) is 0.533. The van der Waals surface area contributed by atoms with Gasteiger partial charge in [-0.15, -0.1) is 16.9 Å². The molecule has 2 aliphatic heterocycles. The molecule has 19 heteroatoms. The van der Waals surface area contributed by atoms with Gasteiger partial charge in [0.15, 0.2) is 0 Å². The zero-order valence-electron chi connectivity index (χ0n) is 17.3. The molecule has 2 unspecified atom stereocenters. The molecule has 12 nitrogen and oxygen atoms in total. The van der Waals surface area contributed by atoms with Gasteiger partial charge in [-0.2, -0.15) is 13.2 Å². The first-order chi connectivity index (χ1) is 15.5. The van der Waals surface area contributed by atoms with Crippen molar-refractivity contribution in [1.29, 1.82) is 0 Å². The number of carboxylic acids is 1. The molecule has 3 atom stereocenters. The van der Waals surface area contributed by atoms with Crippen molar-refractivity contribution in [3.8, 4) is 0 Å². The molecule has 0 bridgehead atoms. The van der Waals surface area contributed by atoms with E-state index in [1.54, 1.807) is 0 Å². The summed E-state index contributed by atoms with van der Waals surface area (Å²) in [5.41, 5.74) is 0.451. The Morgan fingerprint density at radius 3 is 2.65 bits per heavy atom. The molecule has 34 heavy (non-hydrogen) atoms. The number of carbonyl (C=O) groups is 4. The summed E-state index contributed by atoms with van der Waals surface area (Å²) in [6, 6.07) is -1.18. The molecule has 4 N–H and O–H groups in total. The summed E-state index contributed by atoms with van der Waals surface area (Å²) in [6.45, 7) is 0. The third-order valence-electron chi connectivity index (χ3n) is 4.50. The average Bonchev–Trinajstić information content (AvgIpc) is 3.24. The fourth-order valence-electron chi connectivity index (χ4n) is 3.15. The number of nitrogens with one attached hydrogen (secondary N) is 2. The van der Waals surface area contributed by atoms with Gasteiger partial charge in [0.2, 0.25) is 17.0 Å². The van der Waals surface area contributed by atoms with E-state index in [2.05, 4.69) is 25.9 Å². The number of primary amides is 1. The van der Waals surface area contributed by atoms with Gasteiger partial charge in [0.1, 0.15) is 11.4 Å². The Hall–Kier alpha value is -1.47. The molecule has 0 saturated carbocycles. The van der Waals surface area contributed by atoms with E-state index in [0.29, 0.717) is 0 Å². The first-order valence-electron chi connectivity index (χ1n) is 9.05. The maximum atomic E-state index is 12.6. The second-order valence-electron chi connectivity index (χ2n) is 6.67. The van der Waals surface area contributed by atoms with Crippen LogP contribution >= 0.6 is 35.3 Å². The van der Waals surface area contributed by atoms with E-state index in [-0.39, 0.29) is 58.9 Å². The molecule has 0 aliphatic carbocycles. The second kappa shape index (κ2) is 12.0. The minimum atomic E-state index is -4.61. The number of nitrogens with zero attached hydrogens (tertiary/aromatic N) is 4. The summed E-state index contributed by atoms with van der Waals surface area (Å²) < 4.78 is 36.8. The summed E-state index contributed by atoms with van der Waals surface area (Å²) in [7, 11) is 0. The van der Waals surface area contributed by atoms with Gasteiger partial charge in [-0.3, -0.25) is 19.3 Å². The fourth-order valence-corrected chi connectivity index (χ4v) is 6.08. The van der Waals surface area contributed by atoms with Crippen LogP contribution in [0, 0.1) is 0 Å². The van der Waals surface area contributed by atoms with Gasteiger partial charge in [-0.25, -0.2) is 5.10 Å². The number of carboxylic acid groups (broad SMARTS) is 1. The number of H-pyrrole nitrogens is 1. The average molecular weight is 550 g/mol. The van der Waals surface area contributed by atoms with Crippen LogP contribution in [0.2, 0.25) is 0 Å². The molecule has 1 aromatic rings. The van der Waals surface area contributed by atoms with Crippen LogP contribution in [0.3, 0.4) is 0 Å². The Labute approximate surface area is 224 Å². The number of alkyl halides is 3. The number of nitrogens with two attached hydrogens (primary N) is 1. The summed E-state index contributed by atoms with van der Waals surface area (Å²) in [6.07, 6.45) is 0.0373. The van der Waals surface area contributed by atoms with Crippen molar-refractivity contribution in [1.82, 2.24) is 30.8 Å². The smallest absolute Gasteiger partial charge is 0.543 e. The van der Waals surface area contributed by atoms with E-state index in [1.165, 1.54) is 0 Å². The first-order valence-corrected chi connectivity index (χ1v) is 12.0. The number of rotatable bonds is 10. The van der Waals surface area contributed by atoms with E-state index in [0.717, 1.165) is 28.4 Å². The quantitative estimate of drug-likeness (QED) is 0.145. The van der Waals surface area contributed by atoms with Crippen molar-refractivity contribution in [2.24, 2.45) is 5.73 Å². The molecular weight excluding hydrogens is 534 g/mol. The Kier molecular flexibility index (Phi) is 10.1. The SMILES string of the molecule is NC(=O)CCC(Sc1nnn[nH]1)C1=C(C(=O)[O-])N2C(=O)C(NC(=O)CSC(F)(F)F)[C@@H]2SC1.[Na+]. The normalized spacial score (nSPS) is 20.7. The molecule has 0 spiro atoms. The van der Waals surface area contributed by atoms with E-state index < -0.39 is 69.1 Å². The molecule has 2 aliphatic rings. The summed E-state index contributed by atoms with van der Waals surface area (Å²) >= 11 is 1.60. The predicted octanol–water partition coefficient (Wildman–Crippen LogP) is -4.41. The van der Waals surface area contributed by atoms with Crippen LogP contribution in [0.1, 0.15) is 12.8 Å². The van der Waals surface area contributed by atoms with Gasteiger partial charge >= 0.3 is 35.1 Å².